The molecule has 0 aromatic heterocycles. The number of para-hydroxylation sites is 1. The summed E-state index contributed by atoms with van der Waals surface area (Å²) in [5, 5.41) is 9.78. The molecule has 1 amide bonds. The lowest BCUT2D eigenvalue weighted by Gasteiger charge is -2.44. The molecule has 0 radical (unpaired) electrons. The number of nitrogens with zero attached hydrogens (tertiary/aromatic N) is 2. The molecule has 142 valence electrons. The molecule has 0 unspecified atom stereocenters. The highest BCUT2D eigenvalue weighted by molar-refractivity contribution is 9.10. The van der Waals surface area contributed by atoms with Gasteiger partial charge in [-0.3, -0.25) is 4.79 Å². The molecule has 29 heavy (non-hydrogen) atoms. The van der Waals surface area contributed by atoms with Gasteiger partial charge in [-0.15, -0.1) is 0 Å². The monoisotopic (exact) mass is 445 g/mol. The van der Waals surface area contributed by atoms with Crippen molar-refractivity contribution in [2.45, 2.75) is 18.2 Å². The normalized spacial score (nSPS) is 23.8. The summed E-state index contributed by atoms with van der Waals surface area (Å²) in [6, 6.07) is 23.7. The molecular formula is C23H16BrN3O2. The van der Waals surface area contributed by atoms with E-state index in [2.05, 4.69) is 39.4 Å². The number of amides is 1. The Balaban J connectivity index is 1.59. The third-order valence-corrected chi connectivity index (χ3v) is 6.27. The van der Waals surface area contributed by atoms with Crippen molar-refractivity contribution in [1.29, 1.82) is 0 Å². The summed E-state index contributed by atoms with van der Waals surface area (Å²) >= 11 is 3.54. The largest absolute Gasteiger partial charge is 0.453 e. The van der Waals surface area contributed by atoms with Crippen LogP contribution in [-0.4, -0.2) is 16.6 Å². The number of rotatable bonds is 1. The van der Waals surface area contributed by atoms with E-state index in [1.54, 1.807) is 0 Å². The average Bonchev–Trinajstić information content (AvgIpc) is 3.31. The Labute approximate surface area is 176 Å². The smallest absolute Gasteiger partial charge is 0.306 e. The Hall–Kier alpha value is -3.12. The van der Waals surface area contributed by atoms with E-state index in [9.17, 15) is 4.79 Å². The SMILES string of the molecule is O=C1Nc2ccc(Br)cc2[C@@]12Oc1ccccc1[C@@H]1CC(c3ccccc3)=NN12. The molecular weight excluding hydrogens is 430 g/mol. The maximum absolute atomic E-state index is 13.4. The lowest BCUT2D eigenvalue weighted by molar-refractivity contribution is -0.161. The molecule has 6 rings (SSSR count). The van der Waals surface area contributed by atoms with Gasteiger partial charge in [-0.05, 0) is 29.8 Å². The fraction of sp³-hybridized carbons (Fsp3) is 0.130. The molecule has 3 aromatic rings. The third kappa shape index (κ3) is 2.26. The summed E-state index contributed by atoms with van der Waals surface area (Å²) in [6.45, 7) is 0. The number of hydrazone groups is 1. The quantitative estimate of drug-likeness (QED) is 0.585. The summed E-state index contributed by atoms with van der Waals surface area (Å²) in [4.78, 5) is 13.4. The fourth-order valence-corrected chi connectivity index (χ4v) is 4.83. The first kappa shape index (κ1) is 16.8. The Bertz CT molecular complexity index is 1190. The Morgan fingerprint density at radius 2 is 1.86 bits per heavy atom. The van der Waals surface area contributed by atoms with Crippen molar-refractivity contribution in [3.63, 3.8) is 0 Å². The van der Waals surface area contributed by atoms with E-state index in [4.69, 9.17) is 9.84 Å². The lowest BCUT2D eigenvalue weighted by atomic mass is 9.92. The molecule has 1 spiro atoms. The summed E-state index contributed by atoms with van der Waals surface area (Å²) in [7, 11) is 0. The van der Waals surface area contributed by atoms with Gasteiger partial charge in [0.25, 0.3) is 5.91 Å². The van der Waals surface area contributed by atoms with Crippen LogP contribution in [-0.2, 0) is 10.5 Å². The van der Waals surface area contributed by atoms with Gasteiger partial charge in [-0.2, -0.15) is 5.10 Å². The average molecular weight is 446 g/mol. The lowest BCUT2D eigenvalue weighted by Crippen LogP contribution is -2.55. The molecule has 6 heteroatoms. The van der Waals surface area contributed by atoms with Crippen LogP contribution in [0.25, 0.3) is 0 Å². The Kier molecular flexibility index (Phi) is 3.44. The number of benzene rings is 3. The zero-order chi connectivity index (χ0) is 19.6. The van der Waals surface area contributed by atoms with Gasteiger partial charge in [0.1, 0.15) is 5.75 Å². The molecule has 3 aliphatic heterocycles. The highest BCUT2D eigenvalue weighted by atomic mass is 79.9. The van der Waals surface area contributed by atoms with Crippen LogP contribution >= 0.6 is 15.9 Å². The molecule has 1 N–H and O–H groups in total. The van der Waals surface area contributed by atoms with Gasteiger partial charge in [0, 0.05) is 16.5 Å². The van der Waals surface area contributed by atoms with Crippen LogP contribution in [0.4, 0.5) is 5.69 Å². The number of hydrogen-bond acceptors (Lipinski definition) is 4. The number of anilines is 1. The van der Waals surface area contributed by atoms with Gasteiger partial charge in [0.2, 0.25) is 0 Å². The van der Waals surface area contributed by atoms with Crippen LogP contribution in [0.3, 0.4) is 0 Å². The fourth-order valence-electron chi connectivity index (χ4n) is 4.47. The number of fused-ring (bicyclic) bond motifs is 6. The first-order valence-electron chi connectivity index (χ1n) is 9.48. The van der Waals surface area contributed by atoms with Gasteiger partial charge in [0.15, 0.2) is 0 Å². The van der Waals surface area contributed by atoms with E-state index in [1.165, 1.54) is 0 Å². The number of nitrogens with one attached hydrogen (secondary N) is 1. The molecule has 0 aliphatic carbocycles. The van der Waals surface area contributed by atoms with Gasteiger partial charge in [-0.25, -0.2) is 5.01 Å². The molecule has 0 saturated heterocycles. The van der Waals surface area contributed by atoms with Crippen molar-refractivity contribution in [2.75, 3.05) is 5.32 Å². The molecule has 5 nitrogen and oxygen atoms in total. The van der Waals surface area contributed by atoms with Crippen LogP contribution in [0, 0.1) is 0 Å². The number of halogens is 1. The molecule has 3 aliphatic rings. The summed E-state index contributed by atoms with van der Waals surface area (Å²) < 4.78 is 7.34. The topological polar surface area (TPSA) is 53.9 Å². The number of carbonyl (C=O) groups excluding carboxylic acids is 1. The maximum Gasteiger partial charge on any atom is 0.306 e. The summed E-state index contributed by atoms with van der Waals surface area (Å²) in [5.74, 6) is 0.504. The Morgan fingerprint density at radius 1 is 1.07 bits per heavy atom. The van der Waals surface area contributed by atoms with Crippen molar-refractivity contribution in [1.82, 2.24) is 5.01 Å². The first-order chi connectivity index (χ1) is 14.2. The van der Waals surface area contributed by atoms with Crippen molar-refractivity contribution < 1.29 is 9.53 Å². The molecule has 0 saturated carbocycles. The van der Waals surface area contributed by atoms with E-state index in [0.717, 1.165) is 38.3 Å². The maximum atomic E-state index is 13.4. The molecule has 2 atom stereocenters. The number of hydrogen-bond donors (Lipinski definition) is 1. The van der Waals surface area contributed by atoms with Crippen LogP contribution < -0.4 is 10.1 Å². The van der Waals surface area contributed by atoms with Crippen LogP contribution in [0.15, 0.2) is 82.4 Å². The predicted octanol–water partition coefficient (Wildman–Crippen LogP) is 4.80. The highest BCUT2D eigenvalue weighted by Gasteiger charge is 2.60. The van der Waals surface area contributed by atoms with E-state index in [0.29, 0.717) is 6.42 Å². The number of ether oxygens (including phenoxy) is 1. The second-order valence-corrected chi connectivity index (χ2v) is 8.32. The Morgan fingerprint density at radius 3 is 2.72 bits per heavy atom. The molecule has 3 heterocycles. The van der Waals surface area contributed by atoms with Crippen LogP contribution in [0.1, 0.15) is 29.2 Å². The second-order valence-electron chi connectivity index (χ2n) is 7.41. The van der Waals surface area contributed by atoms with E-state index >= 15 is 0 Å². The molecule has 0 bridgehead atoms. The van der Waals surface area contributed by atoms with E-state index in [1.807, 2.05) is 59.6 Å². The van der Waals surface area contributed by atoms with Gasteiger partial charge >= 0.3 is 5.72 Å². The third-order valence-electron chi connectivity index (χ3n) is 5.78. The summed E-state index contributed by atoms with van der Waals surface area (Å²) in [6.07, 6.45) is 0.711. The zero-order valence-corrected chi connectivity index (χ0v) is 16.9. The summed E-state index contributed by atoms with van der Waals surface area (Å²) in [5.41, 5.74) is 3.25. The minimum Gasteiger partial charge on any atom is -0.453 e. The standard InChI is InChI=1S/C23H16BrN3O2/c24-15-10-11-18-17(12-15)23(22(28)25-18)27-20(16-8-4-5-9-21(16)29-23)13-19(26-27)14-6-2-1-3-7-14/h1-12,20H,13H2,(H,25,28)/t20-,23+/m0/s1. The van der Waals surface area contributed by atoms with Crippen molar-refractivity contribution in [2.24, 2.45) is 5.10 Å². The molecule has 3 aromatic carbocycles. The van der Waals surface area contributed by atoms with E-state index < -0.39 is 5.72 Å². The van der Waals surface area contributed by atoms with Crippen LogP contribution in [0.5, 0.6) is 5.75 Å². The number of carbonyl (C=O) groups is 1. The first-order valence-corrected chi connectivity index (χ1v) is 10.3. The van der Waals surface area contributed by atoms with Crippen molar-refractivity contribution >= 4 is 33.2 Å². The highest BCUT2D eigenvalue weighted by Crippen LogP contribution is 2.54. The minimum absolute atomic E-state index is 0.0779. The van der Waals surface area contributed by atoms with Gasteiger partial charge in [0.05, 0.1) is 23.0 Å². The van der Waals surface area contributed by atoms with Gasteiger partial charge < -0.3 is 10.1 Å². The molecule has 0 fully saturated rings. The second kappa shape index (κ2) is 5.94. The van der Waals surface area contributed by atoms with Crippen molar-refractivity contribution in [3.05, 3.63) is 94.0 Å². The van der Waals surface area contributed by atoms with Crippen molar-refractivity contribution in [3.8, 4) is 5.75 Å². The van der Waals surface area contributed by atoms with Crippen LogP contribution in [0.2, 0.25) is 0 Å². The minimum atomic E-state index is -1.32. The van der Waals surface area contributed by atoms with Gasteiger partial charge in [-0.1, -0.05) is 64.5 Å². The van der Waals surface area contributed by atoms with E-state index in [-0.39, 0.29) is 11.9 Å². The predicted molar refractivity (Wildman–Crippen MR) is 114 cm³/mol. The zero-order valence-electron chi connectivity index (χ0n) is 15.3.